The Morgan fingerprint density at radius 2 is 2.13 bits per heavy atom. The van der Waals surface area contributed by atoms with Crippen LogP contribution in [0.2, 0.25) is 0 Å². The second-order valence-electron chi connectivity index (χ2n) is 3.99. The normalized spacial score (nSPS) is 22.8. The Morgan fingerprint density at radius 1 is 1.47 bits per heavy atom. The average Bonchev–Trinajstić information content (AvgIpc) is 2.15. The Morgan fingerprint density at radius 3 is 2.67 bits per heavy atom. The first kappa shape index (κ1) is 12.4. The fourth-order valence-electron chi connectivity index (χ4n) is 1.83. The third-order valence-electron chi connectivity index (χ3n) is 2.54. The smallest absolute Gasteiger partial charge is 0.238 e. The van der Waals surface area contributed by atoms with Crippen LogP contribution in [-0.2, 0) is 14.6 Å². The van der Waals surface area contributed by atoms with E-state index in [1.807, 2.05) is 0 Å². The molecule has 0 aliphatic carbocycles. The van der Waals surface area contributed by atoms with Gasteiger partial charge in [-0.05, 0) is 19.3 Å². The van der Waals surface area contributed by atoms with Crippen LogP contribution in [0.25, 0.3) is 0 Å². The first-order chi connectivity index (χ1) is 6.94. The monoisotopic (exact) mass is 235 g/mol. The quantitative estimate of drug-likeness (QED) is 0.709. The van der Waals surface area contributed by atoms with Crippen LogP contribution in [0, 0.1) is 0 Å². The number of carbonyl (C=O) groups excluding carboxylic acids is 1. The van der Waals surface area contributed by atoms with Crippen LogP contribution in [0.4, 0.5) is 0 Å². The Balaban J connectivity index is 2.64. The predicted molar refractivity (Wildman–Crippen MR) is 56.1 cm³/mol. The Labute approximate surface area is 90.0 Å². The zero-order chi connectivity index (χ0) is 11.5. The van der Waals surface area contributed by atoms with E-state index in [0.717, 1.165) is 25.5 Å². The molecule has 1 aliphatic heterocycles. The van der Waals surface area contributed by atoms with E-state index >= 15 is 0 Å². The summed E-state index contributed by atoms with van der Waals surface area (Å²) in [7, 11) is -3.28. The van der Waals surface area contributed by atoms with Gasteiger partial charge in [0.15, 0.2) is 9.84 Å². The third kappa shape index (κ3) is 3.79. The molecule has 0 bridgehead atoms. The van der Waals surface area contributed by atoms with Crippen LogP contribution in [0.15, 0.2) is 0 Å². The van der Waals surface area contributed by atoms with Gasteiger partial charge in [0.25, 0.3) is 0 Å². The van der Waals surface area contributed by atoms with Crippen molar-refractivity contribution in [3.05, 3.63) is 0 Å². The van der Waals surface area contributed by atoms with Crippen molar-refractivity contribution in [2.24, 2.45) is 0 Å². The molecule has 1 N–H and O–H groups in total. The second-order valence-corrected chi connectivity index (χ2v) is 6.13. The van der Waals surface area contributed by atoms with Crippen LogP contribution in [0.1, 0.15) is 19.3 Å². The van der Waals surface area contributed by atoms with Gasteiger partial charge in [-0.1, -0.05) is 0 Å². The Bertz CT molecular complexity index is 325. The lowest BCUT2D eigenvalue weighted by Gasteiger charge is -2.34. The zero-order valence-corrected chi connectivity index (χ0v) is 9.66. The first-order valence-electron chi connectivity index (χ1n) is 5.02. The van der Waals surface area contributed by atoms with Crippen LogP contribution >= 0.6 is 0 Å². The zero-order valence-electron chi connectivity index (χ0n) is 8.85. The van der Waals surface area contributed by atoms with Crippen LogP contribution in [0.3, 0.4) is 0 Å². The fourth-order valence-corrected chi connectivity index (χ4v) is 2.44. The standard InChI is InChI=1S/C9H17NO4S/c1-15(13,14)7-9(12)10-5-3-2-4-8(10)6-11/h8,11H,2-7H2,1H3. The highest BCUT2D eigenvalue weighted by Gasteiger charge is 2.27. The molecule has 0 aromatic carbocycles. The number of piperidine rings is 1. The lowest BCUT2D eigenvalue weighted by molar-refractivity contribution is -0.133. The number of aliphatic hydroxyl groups excluding tert-OH is 1. The minimum absolute atomic E-state index is 0.0878. The van der Waals surface area contributed by atoms with Gasteiger partial charge in [-0.15, -0.1) is 0 Å². The molecule has 1 aliphatic rings. The second kappa shape index (κ2) is 4.94. The summed E-state index contributed by atoms with van der Waals surface area (Å²) in [6.45, 7) is 0.467. The molecule has 1 atom stereocenters. The number of nitrogens with zero attached hydrogens (tertiary/aromatic N) is 1. The van der Waals surface area contributed by atoms with Crippen molar-refractivity contribution in [3.8, 4) is 0 Å². The van der Waals surface area contributed by atoms with Gasteiger partial charge in [0, 0.05) is 12.8 Å². The number of likely N-dealkylation sites (tertiary alicyclic amines) is 1. The highest BCUT2D eigenvalue weighted by Crippen LogP contribution is 2.16. The molecule has 15 heavy (non-hydrogen) atoms. The van der Waals surface area contributed by atoms with Crippen molar-refractivity contribution in [1.29, 1.82) is 0 Å². The van der Waals surface area contributed by atoms with Gasteiger partial charge in [0.1, 0.15) is 5.75 Å². The maximum absolute atomic E-state index is 11.6. The van der Waals surface area contributed by atoms with E-state index in [4.69, 9.17) is 5.11 Å². The predicted octanol–water partition coefficient (Wildman–Crippen LogP) is -0.596. The van der Waals surface area contributed by atoms with E-state index in [1.54, 1.807) is 0 Å². The highest BCUT2D eigenvalue weighted by molar-refractivity contribution is 7.91. The van der Waals surface area contributed by atoms with Crippen molar-refractivity contribution in [1.82, 2.24) is 4.90 Å². The minimum Gasteiger partial charge on any atom is -0.394 e. The van der Waals surface area contributed by atoms with E-state index in [9.17, 15) is 13.2 Å². The summed E-state index contributed by atoms with van der Waals surface area (Å²) in [5.74, 6) is -0.847. The molecule has 1 rings (SSSR count). The Kier molecular flexibility index (Phi) is 4.10. The summed E-state index contributed by atoms with van der Waals surface area (Å²) in [6.07, 6.45) is 3.66. The van der Waals surface area contributed by atoms with Gasteiger partial charge >= 0.3 is 0 Å². The molecular weight excluding hydrogens is 218 g/mol. The van der Waals surface area contributed by atoms with E-state index in [1.165, 1.54) is 4.90 Å². The lowest BCUT2D eigenvalue weighted by atomic mass is 10.0. The molecule has 0 radical (unpaired) electrons. The number of hydrogen-bond acceptors (Lipinski definition) is 4. The van der Waals surface area contributed by atoms with E-state index in [0.29, 0.717) is 6.54 Å². The molecule has 0 aromatic rings. The minimum atomic E-state index is -3.28. The molecule has 0 saturated carbocycles. The average molecular weight is 235 g/mol. The third-order valence-corrected chi connectivity index (χ3v) is 3.32. The summed E-state index contributed by atoms with van der Waals surface area (Å²) in [6, 6.07) is -0.201. The lowest BCUT2D eigenvalue weighted by Crippen LogP contribution is -2.47. The van der Waals surface area contributed by atoms with Crippen LogP contribution < -0.4 is 0 Å². The maximum atomic E-state index is 11.6. The van der Waals surface area contributed by atoms with Crippen molar-refractivity contribution < 1.29 is 18.3 Å². The number of carbonyl (C=O) groups is 1. The summed E-state index contributed by atoms with van der Waals surface area (Å²) in [5, 5.41) is 9.07. The number of rotatable bonds is 3. The number of sulfone groups is 1. The van der Waals surface area contributed by atoms with Gasteiger partial charge in [0.2, 0.25) is 5.91 Å². The van der Waals surface area contributed by atoms with Crippen molar-refractivity contribution in [2.75, 3.05) is 25.2 Å². The molecule has 6 heteroatoms. The molecule has 88 valence electrons. The largest absolute Gasteiger partial charge is 0.394 e. The molecular formula is C9H17NO4S. The highest BCUT2D eigenvalue weighted by atomic mass is 32.2. The first-order valence-corrected chi connectivity index (χ1v) is 7.08. The molecule has 1 amide bonds. The van der Waals surface area contributed by atoms with Crippen molar-refractivity contribution in [2.45, 2.75) is 25.3 Å². The molecule has 0 aromatic heterocycles. The molecule has 5 nitrogen and oxygen atoms in total. The van der Waals surface area contributed by atoms with E-state index in [2.05, 4.69) is 0 Å². The molecule has 1 saturated heterocycles. The van der Waals surface area contributed by atoms with Gasteiger partial charge < -0.3 is 10.0 Å². The molecule has 1 unspecified atom stereocenters. The van der Waals surface area contributed by atoms with Gasteiger partial charge in [0.05, 0.1) is 12.6 Å². The maximum Gasteiger partial charge on any atom is 0.238 e. The van der Waals surface area contributed by atoms with E-state index in [-0.39, 0.29) is 12.6 Å². The summed E-state index contributed by atoms with van der Waals surface area (Å²) in [5.41, 5.74) is 0. The SMILES string of the molecule is CS(=O)(=O)CC(=O)N1CCCCC1CO. The van der Waals surface area contributed by atoms with Gasteiger partial charge in [-0.25, -0.2) is 8.42 Å². The van der Waals surface area contributed by atoms with Crippen LogP contribution in [-0.4, -0.2) is 55.5 Å². The summed E-state index contributed by atoms with van der Waals surface area (Å²) in [4.78, 5) is 13.1. The number of hydrogen-bond donors (Lipinski definition) is 1. The van der Waals surface area contributed by atoms with Gasteiger partial charge in [-0.2, -0.15) is 0 Å². The topological polar surface area (TPSA) is 74.7 Å². The summed E-state index contributed by atoms with van der Waals surface area (Å²) < 4.78 is 21.9. The molecule has 1 fully saturated rings. The van der Waals surface area contributed by atoms with Crippen LogP contribution in [0.5, 0.6) is 0 Å². The fraction of sp³-hybridized carbons (Fsp3) is 0.889. The van der Waals surface area contributed by atoms with E-state index < -0.39 is 21.5 Å². The molecule has 1 heterocycles. The summed E-state index contributed by atoms with van der Waals surface area (Å²) >= 11 is 0. The number of aliphatic hydroxyl groups is 1. The Hall–Kier alpha value is -0.620. The van der Waals surface area contributed by atoms with Gasteiger partial charge in [-0.3, -0.25) is 4.79 Å². The van der Waals surface area contributed by atoms with Crippen molar-refractivity contribution in [3.63, 3.8) is 0 Å². The number of amides is 1. The van der Waals surface area contributed by atoms with Crippen molar-refractivity contribution >= 4 is 15.7 Å². The molecule has 0 spiro atoms.